The third kappa shape index (κ3) is 4.70. The lowest BCUT2D eigenvalue weighted by atomic mass is 9.85. The maximum Gasteiger partial charge on any atom is 0.303 e. The van der Waals surface area contributed by atoms with E-state index in [1.165, 1.54) is 11.1 Å². The van der Waals surface area contributed by atoms with E-state index in [1.54, 1.807) is 0 Å². The van der Waals surface area contributed by atoms with Crippen molar-refractivity contribution in [1.29, 1.82) is 0 Å². The van der Waals surface area contributed by atoms with Gasteiger partial charge in [0.2, 0.25) is 5.91 Å². The number of rotatable bonds is 7. The highest BCUT2D eigenvalue weighted by atomic mass is 16.4. The number of carboxylic acid groups (broad SMARTS) is 1. The number of benzene rings is 1. The van der Waals surface area contributed by atoms with E-state index < -0.39 is 5.97 Å². The van der Waals surface area contributed by atoms with E-state index in [9.17, 15) is 9.59 Å². The highest BCUT2D eigenvalue weighted by molar-refractivity contribution is 5.83. The Morgan fingerprint density at radius 2 is 1.92 bits per heavy atom. The first-order chi connectivity index (χ1) is 11.3. The molecule has 4 nitrogen and oxygen atoms in total. The molecule has 0 bridgehead atoms. The molecule has 1 fully saturated rings. The third-order valence-electron chi connectivity index (χ3n) is 4.46. The number of carbonyl (C=O) groups is 2. The Bertz CT molecular complexity index is 611. The number of carboxylic acids is 1. The van der Waals surface area contributed by atoms with Gasteiger partial charge in [0, 0.05) is 13.0 Å². The molecule has 4 heteroatoms. The molecule has 1 N–H and O–H groups in total. The number of nitrogens with zero attached hydrogens (tertiary/aromatic N) is 1. The molecule has 1 atom stereocenters. The van der Waals surface area contributed by atoms with Crippen molar-refractivity contribution >= 4 is 11.9 Å². The van der Waals surface area contributed by atoms with E-state index in [1.807, 2.05) is 17.1 Å². The summed E-state index contributed by atoms with van der Waals surface area (Å²) in [5, 5.41) is 8.59. The second kappa shape index (κ2) is 7.65. The van der Waals surface area contributed by atoms with Gasteiger partial charge in [-0.2, -0.15) is 0 Å². The van der Waals surface area contributed by atoms with E-state index in [0.717, 1.165) is 6.42 Å². The molecule has 0 saturated carbocycles. The molecule has 0 aliphatic carbocycles. The van der Waals surface area contributed by atoms with Crippen LogP contribution < -0.4 is 0 Å². The van der Waals surface area contributed by atoms with Gasteiger partial charge in [0.25, 0.3) is 0 Å². The predicted molar refractivity (Wildman–Crippen MR) is 94.8 cm³/mol. The molecular weight excluding hydrogens is 302 g/mol. The largest absolute Gasteiger partial charge is 0.481 e. The molecule has 0 spiro atoms. The van der Waals surface area contributed by atoms with Crippen molar-refractivity contribution in [2.24, 2.45) is 0 Å². The highest BCUT2D eigenvalue weighted by Crippen LogP contribution is 2.35. The second-order valence-electron chi connectivity index (χ2n) is 7.40. The number of hydrogen-bond acceptors (Lipinski definition) is 2. The monoisotopic (exact) mass is 329 g/mol. The predicted octanol–water partition coefficient (Wildman–Crippen LogP) is 4.07. The zero-order valence-electron chi connectivity index (χ0n) is 14.8. The van der Waals surface area contributed by atoms with Crippen molar-refractivity contribution < 1.29 is 14.7 Å². The topological polar surface area (TPSA) is 57.6 Å². The average Bonchev–Trinajstić information content (AvgIpc) is 2.50. The maximum atomic E-state index is 11.9. The smallest absolute Gasteiger partial charge is 0.303 e. The fraction of sp³-hybridized carbons (Fsp3) is 0.500. The quantitative estimate of drug-likeness (QED) is 0.466. The van der Waals surface area contributed by atoms with E-state index in [-0.39, 0.29) is 23.8 Å². The summed E-state index contributed by atoms with van der Waals surface area (Å²) >= 11 is 0. The molecule has 0 radical (unpaired) electrons. The summed E-state index contributed by atoms with van der Waals surface area (Å²) in [7, 11) is 0. The molecule has 1 aliphatic rings. The summed E-state index contributed by atoms with van der Waals surface area (Å²) in [6, 6.07) is 8.72. The first kappa shape index (κ1) is 18.2. The van der Waals surface area contributed by atoms with Gasteiger partial charge in [0.15, 0.2) is 0 Å². The number of β-lactam (4-membered cyclic amide) rings is 1. The first-order valence-electron chi connectivity index (χ1n) is 8.56. The van der Waals surface area contributed by atoms with Crippen LogP contribution in [0.15, 0.2) is 36.4 Å². The van der Waals surface area contributed by atoms with Gasteiger partial charge < -0.3 is 10.0 Å². The Kier molecular flexibility index (Phi) is 5.81. The van der Waals surface area contributed by atoms with Gasteiger partial charge in [-0.15, -0.1) is 0 Å². The SMILES string of the molecule is CC(C)(C)c1ccc([C@H]2CC(=O)N2C/C=C\CCCC(=O)O)cc1. The van der Waals surface area contributed by atoms with Gasteiger partial charge in [0.1, 0.15) is 0 Å². The van der Waals surface area contributed by atoms with Crippen molar-refractivity contribution in [2.75, 3.05) is 6.54 Å². The average molecular weight is 329 g/mol. The van der Waals surface area contributed by atoms with Crippen LogP contribution in [-0.2, 0) is 15.0 Å². The fourth-order valence-electron chi connectivity index (χ4n) is 2.86. The number of likely N-dealkylation sites (tertiary alicyclic amines) is 1. The van der Waals surface area contributed by atoms with Crippen molar-refractivity contribution in [3.8, 4) is 0 Å². The van der Waals surface area contributed by atoms with Gasteiger partial charge in [-0.25, -0.2) is 0 Å². The Balaban J connectivity index is 1.89. The van der Waals surface area contributed by atoms with Crippen molar-refractivity contribution in [1.82, 2.24) is 4.90 Å². The minimum absolute atomic E-state index is 0.131. The summed E-state index contributed by atoms with van der Waals surface area (Å²) in [5.74, 6) is -0.588. The molecule has 0 unspecified atom stereocenters. The standard InChI is InChI=1S/C20H27NO3/c1-20(2,3)16-11-9-15(10-12-16)17-14-18(22)21(17)13-7-5-4-6-8-19(23)24/h5,7,9-12,17H,4,6,8,13-14H2,1-3H3,(H,23,24)/b7-5-/t17-/m1/s1. The molecule has 1 aliphatic heterocycles. The lowest BCUT2D eigenvalue weighted by Crippen LogP contribution is -2.46. The van der Waals surface area contributed by atoms with Crippen LogP contribution in [0.5, 0.6) is 0 Å². The number of aliphatic carboxylic acids is 1. The number of hydrogen-bond donors (Lipinski definition) is 1. The maximum absolute atomic E-state index is 11.9. The number of amides is 1. The summed E-state index contributed by atoms with van der Waals surface area (Å²) in [5.41, 5.74) is 2.61. The molecule has 1 aromatic rings. The third-order valence-corrected chi connectivity index (χ3v) is 4.46. The van der Waals surface area contributed by atoms with Gasteiger partial charge in [0.05, 0.1) is 12.5 Å². The normalized spacial score (nSPS) is 18.0. The fourth-order valence-corrected chi connectivity index (χ4v) is 2.86. The molecule has 1 aromatic carbocycles. The van der Waals surface area contributed by atoms with Crippen LogP contribution in [0, 0.1) is 0 Å². The van der Waals surface area contributed by atoms with Crippen LogP contribution in [0.25, 0.3) is 0 Å². The summed E-state index contributed by atoms with van der Waals surface area (Å²) in [6.45, 7) is 7.17. The van der Waals surface area contributed by atoms with Crippen molar-refractivity contribution in [3.63, 3.8) is 0 Å². The minimum atomic E-state index is -0.764. The molecule has 0 aromatic heterocycles. The zero-order chi connectivity index (χ0) is 17.7. The number of carbonyl (C=O) groups excluding carboxylic acids is 1. The van der Waals surface area contributed by atoms with E-state index in [2.05, 4.69) is 45.0 Å². The molecule has 1 heterocycles. The van der Waals surface area contributed by atoms with Gasteiger partial charge >= 0.3 is 5.97 Å². The van der Waals surface area contributed by atoms with Gasteiger partial charge in [-0.05, 0) is 29.4 Å². The second-order valence-corrected chi connectivity index (χ2v) is 7.40. The van der Waals surface area contributed by atoms with Crippen LogP contribution in [0.3, 0.4) is 0 Å². The Labute approximate surface area is 144 Å². The van der Waals surface area contributed by atoms with Crippen molar-refractivity contribution in [3.05, 3.63) is 47.5 Å². The summed E-state index contributed by atoms with van der Waals surface area (Å²) in [4.78, 5) is 24.2. The molecule has 130 valence electrons. The van der Waals surface area contributed by atoms with Crippen LogP contribution in [0.2, 0.25) is 0 Å². The van der Waals surface area contributed by atoms with Crippen LogP contribution >= 0.6 is 0 Å². The van der Waals surface area contributed by atoms with Crippen LogP contribution in [0.1, 0.15) is 63.6 Å². The lowest BCUT2D eigenvalue weighted by molar-refractivity contribution is -0.145. The molecule has 24 heavy (non-hydrogen) atoms. The van der Waals surface area contributed by atoms with Gasteiger partial charge in [-0.1, -0.05) is 57.2 Å². The number of unbranched alkanes of at least 4 members (excludes halogenated alkanes) is 1. The van der Waals surface area contributed by atoms with E-state index in [4.69, 9.17) is 5.11 Å². The highest BCUT2D eigenvalue weighted by Gasteiger charge is 2.36. The summed E-state index contributed by atoms with van der Waals surface area (Å²) in [6.07, 6.45) is 6.07. The number of allylic oxidation sites excluding steroid dienone is 1. The zero-order valence-corrected chi connectivity index (χ0v) is 14.8. The van der Waals surface area contributed by atoms with E-state index in [0.29, 0.717) is 19.4 Å². The molecule has 1 saturated heterocycles. The molecule has 1 amide bonds. The van der Waals surface area contributed by atoms with Crippen LogP contribution in [0.4, 0.5) is 0 Å². The molecule has 2 rings (SSSR count). The first-order valence-corrected chi connectivity index (χ1v) is 8.56. The van der Waals surface area contributed by atoms with Crippen LogP contribution in [-0.4, -0.2) is 28.4 Å². The Morgan fingerprint density at radius 1 is 1.25 bits per heavy atom. The minimum Gasteiger partial charge on any atom is -0.481 e. The summed E-state index contributed by atoms with van der Waals surface area (Å²) < 4.78 is 0. The van der Waals surface area contributed by atoms with Crippen molar-refractivity contribution in [2.45, 2.75) is 57.9 Å². The van der Waals surface area contributed by atoms with E-state index >= 15 is 0 Å². The Morgan fingerprint density at radius 3 is 2.46 bits per heavy atom. The lowest BCUT2D eigenvalue weighted by Gasteiger charge is -2.40. The Hall–Kier alpha value is -2.10. The molecular formula is C20H27NO3. The van der Waals surface area contributed by atoms with Gasteiger partial charge in [-0.3, -0.25) is 9.59 Å².